The van der Waals surface area contributed by atoms with Crippen LogP contribution < -0.4 is 5.32 Å². The summed E-state index contributed by atoms with van der Waals surface area (Å²) < 4.78 is 5.36. The van der Waals surface area contributed by atoms with Gasteiger partial charge in [-0.25, -0.2) is 0 Å². The molecule has 2 heterocycles. The van der Waals surface area contributed by atoms with E-state index in [-0.39, 0.29) is 22.8 Å². The Morgan fingerprint density at radius 2 is 1.69 bits per heavy atom. The molecule has 0 spiro atoms. The quantitative estimate of drug-likeness (QED) is 0.362. The van der Waals surface area contributed by atoms with Gasteiger partial charge in [0.15, 0.2) is 0 Å². The highest BCUT2D eigenvalue weighted by atomic mass is 35.5. The lowest BCUT2D eigenvalue weighted by Gasteiger charge is -2.14. The smallest absolute Gasteiger partial charge is 0.278 e. The van der Waals surface area contributed by atoms with E-state index in [1.54, 1.807) is 30.3 Å². The van der Waals surface area contributed by atoms with Crippen LogP contribution in [0.25, 0.3) is 16.3 Å². The Balaban J connectivity index is 1.64. The molecular formula is C25H16Cl2N2O3. The van der Waals surface area contributed by atoms with Gasteiger partial charge in [-0.15, -0.1) is 0 Å². The number of hydrogen-bond donors (Lipinski definition) is 1. The van der Waals surface area contributed by atoms with Crippen LogP contribution in [0.3, 0.4) is 0 Å². The van der Waals surface area contributed by atoms with Gasteiger partial charge in [0, 0.05) is 21.7 Å². The summed E-state index contributed by atoms with van der Waals surface area (Å²) in [6, 6.07) is 21.8. The zero-order valence-corrected chi connectivity index (χ0v) is 18.2. The molecule has 0 saturated heterocycles. The molecule has 3 aromatic carbocycles. The van der Waals surface area contributed by atoms with Crippen molar-refractivity contribution in [2.75, 3.05) is 5.32 Å². The minimum Gasteiger partial charge on any atom is -0.467 e. The average Bonchev–Trinajstić information content (AvgIpc) is 3.38. The Bertz CT molecular complexity index is 1390. The first-order valence-electron chi connectivity index (χ1n) is 9.86. The Labute approximate surface area is 193 Å². The number of halogens is 2. The molecule has 158 valence electrons. The molecule has 0 fully saturated rings. The Morgan fingerprint density at radius 1 is 0.875 bits per heavy atom. The van der Waals surface area contributed by atoms with E-state index >= 15 is 0 Å². The van der Waals surface area contributed by atoms with Gasteiger partial charge in [0.25, 0.3) is 11.8 Å². The van der Waals surface area contributed by atoms with Crippen LogP contribution >= 0.6 is 23.2 Å². The van der Waals surface area contributed by atoms with Crippen molar-refractivity contribution in [2.24, 2.45) is 0 Å². The summed E-state index contributed by atoms with van der Waals surface area (Å²) in [5, 5.41) is 5.86. The SMILES string of the molecule is O=C1C(Nc2cccc3ccccc23)=C(c2ccc(Cl)cc2Cl)C(=O)N1Cc1ccco1. The van der Waals surface area contributed by atoms with Crippen LogP contribution in [0.1, 0.15) is 11.3 Å². The minimum atomic E-state index is -0.460. The van der Waals surface area contributed by atoms with Crippen molar-refractivity contribution >= 4 is 57.0 Å². The summed E-state index contributed by atoms with van der Waals surface area (Å²) in [6.45, 7) is 0.0140. The summed E-state index contributed by atoms with van der Waals surface area (Å²) in [4.78, 5) is 28.0. The number of anilines is 1. The van der Waals surface area contributed by atoms with Crippen LogP contribution in [0.4, 0.5) is 5.69 Å². The summed E-state index contributed by atoms with van der Waals surface area (Å²) in [7, 11) is 0. The highest BCUT2D eigenvalue weighted by Gasteiger charge is 2.40. The molecule has 5 rings (SSSR count). The highest BCUT2D eigenvalue weighted by Crippen LogP contribution is 2.37. The molecule has 1 N–H and O–H groups in total. The molecule has 7 heteroatoms. The number of nitrogens with one attached hydrogen (secondary N) is 1. The first kappa shape index (κ1) is 20.4. The predicted molar refractivity (Wildman–Crippen MR) is 125 cm³/mol. The molecule has 0 aliphatic carbocycles. The summed E-state index contributed by atoms with van der Waals surface area (Å²) in [5.74, 6) is -0.418. The molecule has 4 aromatic rings. The van der Waals surface area contributed by atoms with Crippen molar-refractivity contribution in [3.63, 3.8) is 0 Å². The Hall–Kier alpha value is -3.54. The highest BCUT2D eigenvalue weighted by molar-refractivity contribution is 6.41. The standard InChI is InChI=1S/C25H16Cl2N2O3/c26-16-10-11-19(20(27)13-16)22-23(25(31)29(24(22)30)14-17-7-4-12-32-17)28-21-9-3-6-15-5-1-2-8-18(15)21/h1-13,28H,14H2. The van der Waals surface area contributed by atoms with Crippen LogP contribution in [0.15, 0.2) is 89.2 Å². The molecule has 1 aromatic heterocycles. The second-order valence-corrected chi connectivity index (χ2v) is 8.15. The number of imide groups is 1. The molecule has 0 bridgehead atoms. The lowest BCUT2D eigenvalue weighted by Crippen LogP contribution is -2.31. The van der Waals surface area contributed by atoms with Gasteiger partial charge in [0.05, 0.1) is 23.4 Å². The number of furan rings is 1. The van der Waals surface area contributed by atoms with E-state index in [2.05, 4.69) is 5.32 Å². The number of carbonyl (C=O) groups is 2. The number of amides is 2. The average molecular weight is 463 g/mol. The third kappa shape index (κ3) is 3.55. The molecule has 32 heavy (non-hydrogen) atoms. The van der Waals surface area contributed by atoms with Crippen molar-refractivity contribution in [2.45, 2.75) is 6.54 Å². The number of rotatable bonds is 5. The third-order valence-electron chi connectivity index (χ3n) is 5.31. The summed E-state index contributed by atoms with van der Waals surface area (Å²) in [5.41, 5.74) is 1.49. The van der Waals surface area contributed by atoms with Crippen LogP contribution in [-0.2, 0) is 16.1 Å². The molecule has 0 atom stereocenters. The van der Waals surface area contributed by atoms with Crippen molar-refractivity contribution in [1.82, 2.24) is 4.90 Å². The van der Waals surface area contributed by atoms with Crippen LogP contribution in [0.2, 0.25) is 10.0 Å². The fraction of sp³-hybridized carbons (Fsp3) is 0.0400. The zero-order valence-electron chi connectivity index (χ0n) is 16.6. The van der Waals surface area contributed by atoms with Crippen LogP contribution in [0, 0.1) is 0 Å². The van der Waals surface area contributed by atoms with Crippen molar-refractivity contribution in [3.8, 4) is 0 Å². The molecule has 0 saturated carbocycles. The van der Waals surface area contributed by atoms with E-state index in [0.29, 0.717) is 22.0 Å². The maximum atomic E-state index is 13.4. The fourth-order valence-corrected chi connectivity index (χ4v) is 4.31. The number of carbonyl (C=O) groups excluding carboxylic acids is 2. The van der Waals surface area contributed by atoms with Gasteiger partial charge < -0.3 is 9.73 Å². The lowest BCUT2D eigenvalue weighted by molar-refractivity contribution is -0.137. The predicted octanol–water partition coefficient (Wildman–Crippen LogP) is 6.13. The van der Waals surface area contributed by atoms with Crippen molar-refractivity contribution < 1.29 is 14.0 Å². The minimum absolute atomic E-state index is 0.0140. The molecular weight excluding hydrogens is 447 g/mol. The van der Waals surface area contributed by atoms with Crippen molar-refractivity contribution in [3.05, 3.63) is 106 Å². The van der Waals surface area contributed by atoms with E-state index in [9.17, 15) is 9.59 Å². The second kappa shape index (κ2) is 8.19. The molecule has 1 aliphatic heterocycles. The van der Waals surface area contributed by atoms with E-state index in [1.807, 2.05) is 42.5 Å². The Morgan fingerprint density at radius 3 is 2.47 bits per heavy atom. The van der Waals surface area contributed by atoms with E-state index in [0.717, 1.165) is 15.7 Å². The maximum Gasteiger partial charge on any atom is 0.278 e. The zero-order chi connectivity index (χ0) is 22.2. The van der Waals surface area contributed by atoms with Crippen LogP contribution in [-0.4, -0.2) is 16.7 Å². The van der Waals surface area contributed by atoms with Gasteiger partial charge >= 0.3 is 0 Å². The number of nitrogens with zero attached hydrogens (tertiary/aromatic N) is 1. The second-order valence-electron chi connectivity index (χ2n) is 7.30. The first-order valence-corrected chi connectivity index (χ1v) is 10.6. The molecule has 2 amide bonds. The monoisotopic (exact) mass is 462 g/mol. The van der Waals surface area contributed by atoms with E-state index in [4.69, 9.17) is 27.6 Å². The van der Waals surface area contributed by atoms with Gasteiger partial charge in [0.1, 0.15) is 11.5 Å². The van der Waals surface area contributed by atoms with Gasteiger partial charge in [-0.05, 0) is 35.7 Å². The lowest BCUT2D eigenvalue weighted by atomic mass is 10.0. The number of benzene rings is 3. The number of hydrogen-bond acceptors (Lipinski definition) is 4. The van der Waals surface area contributed by atoms with E-state index in [1.165, 1.54) is 6.26 Å². The fourth-order valence-electron chi connectivity index (χ4n) is 3.81. The Kier molecular flexibility index (Phi) is 5.21. The topological polar surface area (TPSA) is 62.6 Å². The summed E-state index contributed by atoms with van der Waals surface area (Å²) >= 11 is 12.5. The molecule has 5 nitrogen and oxygen atoms in total. The maximum absolute atomic E-state index is 13.4. The van der Waals surface area contributed by atoms with Gasteiger partial charge in [-0.1, -0.05) is 65.7 Å². The first-order chi connectivity index (χ1) is 15.5. The largest absolute Gasteiger partial charge is 0.467 e. The normalized spacial score (nSPS) is 14.0. The number of fused-ring (bicyclic) bond motifs is 1. The van der Waals surface area contributed by atoms with Gasteiger partial charge in [-0.2, -0.15) is 0 Å². The van der Waals surface area contributed by atoms with Gasteiger partial charge in [-0.3, -0.25) is 14.5 Å². The van der Waals surface area contributed by atoms with Crippen molar-refractivity contribution in [1.29, 1.82) is 0 Å². The van der Waals surface area contributed by atoms with E-state index < -0.39 is 11.8 Å². The van der Waals surface area contributed by atoms with Crippen LogP contribution in [0.5, 0.6) is 0 Å². The third-order valence-corrected chi connectivity index (χ3v) is 5.86. The molecule has 0 unspecified atom stereocenters. The molecule has 0 radical (unpaired) electrons. The summed E-state index contributed by atoms with van der Waals surface area (Å²) in [6.07, 6.45) is 1.50. The molecule has 1 aliphatic rings. The van der Waals surface area contributed by atoms with Gasteiger partial charge in [0.2, 0.25) is 0 Å².